The number of fused-ring (bicyclic) bond motifs is 1. The molecule has 4 atom stereocenters. The lowest BCUT2D eigenvalue weighted by molar-refractivity contribution is -0.140. The highest BCUT2D eigenvalue weighted by Gasteiger charge is 2.38. The van der Waals surface area contributed by atoms with Crippen LogP contribution in [0.3, 0.4) is 0 Å². The Morgan fingerprint density at radius 1 is 0.969 bits per heavy atom. The molecule has 0 heterocycles. The molecule has 4 rings (SSSR count). The Balaban J connectivity index is 1.24. The van der Waals surface area contributed by atoms with Crippen LogP contribution in [0.25, 0.3) is 0 Å². The molecule has 0 spiro atoms. The fraction of sp³-hybridized carbons (Fsp3) is 0.690. The van der Waals surface area contributed by atoms with Crippen molar-refractivity contribution in [1.29, 1.82) is 0 Å². The van der Waals surface area contributed by atoms with Gasteiger partial charge in [0, 0.05) is 6.07 Å². The van der Waals surface area contributed by atoms with Crippen LogP contribution in [0.2, 0.25) is 0 Å². The van der Waals surface area contributed by atoms with E-state index in [1.54, 1.807) is 12.1 Å². The van der Waals surface area contributed by atoms with E-state index >= 15 is 0 Å². The Kier molecular flexibility index (Phi) is 8.07. The first kappa shape index (κ1) is 23.5. The van der Waals surface area contributed by atoms with Gasteiger partial charge in [-0.05, 0) is 119 Å². The summed E-state index contributed by atoms with van der Waals surface area (Å²) in [6, 6.07) is 4.86. The zero-order chi connectivity index (χ0) is 22.5. The highest BCUT2D eigenvalue weighted by molar-refractivity contribution is 5.75. The zero-order valence-electron chi connectivity index (χ0n) is 20.0. The minimum atomic E-state index is -0.281. The second-order valence-corrected chi connectivity index (χ2v) is 10.9. The number of allylic oxidation sites excluding steroid dienone is 2. The van der Waals surface area contributed by atoms with Crippen molar-refractivity contribution < 1.29 is 13.9 Å². The molecule has 3 heteroatoms. The van der Waals surface area contributed by atoms with Gasteiger partial charge < -0.3 is 4.74 Å². The quantitative estimate of drug-likeness (QED) is 0.255. The maximum atomic E-state index is 14.4. The van der Waals surface area contributed by atoms with E-state index in [4.69, 9.17) is 4.74 Å². The van der Waals surface area contributed by atoms with Gasteiger partial charge in [0.2, 0.25) is 0 Å². The van der Waals surface area contributed by atoms with Gasteiger partial charge in [0.25, 0.3) is 0 Å². The van der Waals surface area contributed by atoms with Crippen LogP contribution < -0.4 is 4.74 Å². The number of esters is 1. The summed E-state index contributed by atoms with van der Waals surface area (Å²) in [6.07, 6.45) is 18.2. The Labute approximate surface area is 194 Å². The van der Waals surface area contributed by atoms with Crippen molar-refractivity contribution in [2.45, 2.75) is 90.9 Å². The van der Waals surface area contributed by atoms with E-state index in [2.05, 4.69) is 6.92 Å². The topological polar surface area (TPSA) is 26.3 Å². The molecule has 32 heavy (non-hydrogen) atoms. The van der Waals surface area contributed by atoms with Gasteiger partial charge in [-0.2, -0.15) is 0 Å². The molecule has 1 aromatic carbocycles. The Morgan fingerprint density at radius 2 is 1.62 bits per heavy atom. The third-order valence-corrected chi connectivity index (χ3v) is 8.75. The summed E-state index contributed by atoms with van der Waals surface area (Å²) in [5.74, 6) is 4.38. The lowest BCUT2D eigenvalue weighted by atomic mass is 9.61. The molecular formula is C29H41FO2. The zero-order valence-corrected chi connectivity index (χ0v) is 20.0. The SMILES string of the molecule is C/C=C/CCc1ccc(OC(=O)C2CCC(C3CCC4CC(C)CCC4C3)CC2)cc1F. The van der Waals surface area contributed by atoms with Crippen LogP contribution in [-0.2, 0) is 11.2 Å². The van der Waals surface area contributed by atoms with E-state index in [0.29, 0.717) is 17.7 Å². The van der Waals surface area contributed by atoms with Crippen molar-refractivity contribution in [3.63, 3.8) is 0 Å². The van der Waals surface area contributed by atoms with E-state index in [-0.39, 0.29) is 17.7 Å². The fourth-order valence-electron chi connectivity index (χ4n) is 6.81. The molecule has 3 aliphatic rings. The number of ether oxygens (including phenoxy) is 1. The first-order valence-corrected chi connectivity index (χ1v) is 13.1. The van der Waals surface area contributed by atoms with E-state index in [9.17, 15) is 9.18 Å². The lowest BCUT2D eigenvalue weighted by Crippen LogP contribution is -2.35. The predicted molar refractivity (Wildman–Crippen MR) is 128 cm³/mol. The first-order chi connectivity index (χ1) is 15.5. The van der Waals surface area contributed by atoms with Crippen LogP contribution in [-0.4, -0.2) is 5.97 Å². The third-order valence-electron chi connectivity index (χ3n) is 8.75. The number of rotatable bonds is 6. The monoisotopic (exact) mass is 440 g/mol. The van der Waals surface area contributed by atoms with Gasteiger partial charge in [0.1, 0.15) is 11.6 Å². The Hall–Kier alpha value is -1.64. The maximum absolute atomic E-state index is 14.4. The lowest BCUT2D eigenvalue weighted by Gasteiger charge is -2.44. The average molecular weight is 441 g/mol. The van der Waals surface area contributed by atoms with Crippen LogP contribution >= 0.6 is 0 Å². The smallest absolute Gasteiger partial charge is 0.314 e. The number of hydrogen-bond acceptors (Lipinski definition) is 2. The number of hydrogen-bond donors (Lipinski definition) is 0. The van der Waals surface area contributed by atoms with Crippen LogP contribution in [0.15, 0.2) is 30.4 Å². The van der Waals surface area contributed by atoms with Crippen molar-refractivity contribution in [2.75, 3.05) is 0 Å². The number of carbonyl (C=O) groups is 1. The van der Waals surface area contributed by atoms with Gasteiger partial charge >= 0.3 is 5.97 Å². The van der Waals surface area contributed by atoms with Gasteiger partial charge in [-0.25, -0.2) is 4.39 Å². The normalized spacial score (nSPS) is 33.1. The van der Waals surface area contributed by atoms with Crippen LogP contribution in [0, 0.1) is 41.3 Å². The van der Waals surface area contributed by atoms with Crippen molar-refractivity contribution in [3.8, 4) is 5.75 Å². The average Bonchev–Trinajstić information content (AvgIpc) is 2.80. The predicted octanol–water partition coefficient (Wildman–Crippen LogP) is 7.90. The minimum absolute atomic E-state index is 0.0319. The van der Waals surface area contributed by atoms with E-state index < -0.39 is 0 Å². The summed E-state index contributed by atoms with van der Waals surface area (Å²) in [6.45, 7) is 4.39. The largest absolute Gasteiger partial charge is 0.426 e. The van der Waals surface area contributed by atoms with E-state index in [0.717, 1.165) is 61.7 Å². The highest BCUT2D eigenvalue weighted by Crippen LogP contribution is 2.49. The molecule has 0 bridgehead atoms. The van der Waals surface area contributed by atoms with Crippen molar-refractivity contribution >= 4 is 5.97 Å². The molecule has 0 aromatic heterocycles. The van der Waals surface area contributed by atoms with Gasteiger partial charge in [-0.1, -0.05) is 31.6 Å². The molecule has 1 aromatic rings. The number of benzene rings is 1. The molecule has 4 unspecified atom stereocenters. The molecule has 0 N–H and O–H groups in total. The molecule has 2 nitrogen and oxygen atoms in total. The van der Waals surface area contributed by atoms with Crippen molar-refractivity contribution in [3.05, 3.63) is 41.7 Å². The summed E-state index contributed by atoms with van der Waals surface area (Å²) < 4.78 is 19.9. The van der Waals surface area contributed by atoms with Gasteiger partial charge in [-0.15, -0.1) is 0 Å². The molecular weight excluding hydrogens is 399 g/mol. The second-order valence-electron chi connectivity index (χ2n) is 10.9. The first-order valence-electron chi connectivity index (χ1n) is 13.1. The molecule has 0 saturated heterocycles. The molecule has 3 aliphatic carbocycles. The minimum Gasteiger partial charge on any atom is -0.426 e. The summed E-state index contributed by atoms with van der Waals surface area (Å²) in [4.78, 5) is 12.7. The van der Waals surface area contributed by atoms with Gasteiger partial charge in [0.05, 0.1) is 5.92 Å². The van der Waals surface area contributed by atoms with E-state index in [1.165, 1.54) is 44.6 Å². The molecule has 3 saturated carbocycles. The summed E-state index contributed by atoms with van der Waals surface area (Å²) >= 11 is 0. The third kappa shape index (κ3) is 5.83. The highest BCUT2D eigenvalue weighted by atomic mass is 19.1. The van der Waals surface area contributed by atoms with Crippen LogP contribution in [0.1, 0.15) is 90.0 Å². The summed E-state index contributed by atoms with van der Waals surface area (Å²) in [5.41, 5.74) is 0.672. The van der Waals surface area contributed by atoms with Crippen LogP contribution in [0.5, 0.6) is 5.75 Å². The molecule has 0 radical (unpaired) electrons. The number of carbonyl (C=O) groups excluding carboxylic acids is 1. The van der Waals surface area contributed by atoms with Gasteiger partial charge in [-0.3, -0.25) is 4.79 Å². The van der Waals surface area contributed by atoms with E-state index in [1.807, 2.05) is 19.1 Å². The number of aryl methyl sites for hydroxylation is 1. The number of halogens is 1. The Bertz CT molecular complexity index is 792. The maximum Gasteiger partial charge on any atom is 0.314 e. The fourth-order valence-corrected chi connectivity index (χ4v) is 6.81. The van der Waals surface area contributed by atoms with Crippen LogP contribution in [0.4, 0.5) is 4.39 Å². The molecule has 0 aliphatic heterocycles. The summed E-state index contributed by atoms with van der Waals surface area (Å²) in [7, 11) is 0. The standard InChI is InChI=1S/C29H41FO2/c1-3-4-5-6-22-15-16-27(19-28(22)30)32-29(31)23-11-9-21(10-12-23)25-14-13-24-17-20(2)7-8-26(24)18-25/h3-4,15-16,19-21,23-26H,5-14,17-18H2,1-2H3/b4-3+. The molecule has 3 fully saturated rings. The summed E-state index contributed by atoms with van der Waals surface area (Å²) in [5, 5.41) is 0. The molecule has 0 amide bonds. The van der Waals surface area contributed by atoms with Crippen molar-refractivity contribution in [2.24, 2.45) is 35.5 Å². The van der Waals surface area contributed by atoms with Crippen molar-refractivity contribution in [1.82, 2.24) is 0 Å². The second kappa shape index (κ2) is 11.0. The Morgan fingerprint density at radius 3 is 2.34 bits per heavy atom. The van der Waals surface area contributed by atoms with Gasteiger partial charge in [0.15, 0.2) is 0 Å². The molecule has 176 valence electrons.